The van der Waals surface area contributed by atoms with Crippen molar-refractivity contribution in [2.75, 3.05) is 12.9 Å². The number of hydrogen-bond donors (Lipinski definition) is 0. The van der Waals surface area contributed by atoms with Gasteiger partial charge in [0.05, 0.1) is 0 Å². The normalized spacial score (nSPS) is 10.1. The number of alkyl halides is 1. The maximum atomic E-state index is 11.2. The second-order valence-electron chi connectivity index (χ2n) is 3.47. The molecule has 0 fully saturated rings. The van der Waals surface area contributed by atoms with Crippen molar-refractivity contribution in [3.8, 4) is 0 Å². The Balaban J connectivity index is 2.73. The van der Waals surface area contributed by atoms with Crippen LogP contribution in [-0.2, 0) is 11.3 Å². The Morgan fingerprint density at radius 1 is 1.47 bits per heavy atom. The molecule has 0 radical (unpaired) electrons. The zero-order chi connectivity index (χ0) is 11.4. The summed E-state index contributed by atoms with van der Waals surface area (Å²) in [5.74, 6) is -0.0795. The first kappa shape index (κ1) is 12.3. The molecule has 1 amide bonds. The lowest BCUT2D eigenvalue weighted by atomic mass is 10.1. The Bertz CT molecular complexity index is 366. The molecule has 4 heteroatoms. The molecular formula is C11H13Cl2NO. The highest BCUT2D eigenvalue weighted by molar-refractivity contribution is 6.31. The summed E-state index contributed by atoms with van der Waals surface area (Å²) in [4.78, 5) is 12.8. The predicted octanol–water partition coefficient (Wildman–Crippen LogP) is 2.85. The van der Waals surface area contributed by atoms with Gasteiger partial charge in [0.25, 0.3) is 0 Å². The molecule has 1 aromatic carbocycles. The number of carbonyl (C=O) groups excluding carboxylic acids is 1. The third kappa shape index (κ3) is 3.40. The van der Waals surface area contributed by atoms with Gasteiger partial charge in [-0.2, -0.15) is 0 Å². The lowest BCUT2D eigenvalue weighted by molar-refractivity contribution is -0.127. The molecule has 0 atom stereocenters. The van der Waals surface area contributed by atoms with E-state index >= 15 is 0 Å². The Labute approximate surface area is 99.8 Å². The van der Waals surface area contributed by atoms with Crippen molar-refractivity contribution in [2.45, 2.75) is 13.5 Å². The fourth-order valence-corrected chi connectivity index (χ4v) is 1.61. The molecule has 0 N–H and O–H groups in total. The van der Waals surface area contributed by atoms with E-state index in [-0.39, 0.29) is 11.8 Å². The van der Waals surface area contributed by atoms with Crippen molar-refractivity contribution >= 4 is 29.1 Å². The summed E-state index contributed by atoms with van der Waals surface area (Å²) < 4.78 is 0. The summed E-state index contributed by atoms with van der Waals surface area (Å²) in [7, 11) is 1.72. The first-order chi connectivity index (χ1) is 7.04. The Morgan fingerprint density at radius 3 is 2.67 bits per heavy atom. The van der Waals surface area contributed by atoms with Crippen LogP contribution in [0.1, 0.15) is 11.1 Å². The Morgan fingerprint density at radius 2 is 2.13 bits per heavy atom. The highest BCUT2D eigenvalue weighted by Gasteiger charge is 2.07. The van der Waals surface area contributed by atoms with Gasteiger partial charge in [-0.25, -0.2) is 0 Å². The van der Waals surface area contributed by atoms with Gasteiger partial charge < -0.3 is 4.90 Å². The largest absolute Gasteiger partial charge is 0.340 e. The van der Waals surface area contributed by atoms with Crippen LogP contribution in [0.2, 0.25) is 5.02 Å². The summed E-state index contributed by atoms with van der Waals surface area (Å²) >= 11 is 11.4. The predicted molar refractivity (Wildman–Crippen MR) is 63.4 cm³/mol. The smallest absolute Gasteiger partial charge is 0.237 e. The third-order valence-electron chi connectivity index (χ3n) is 2.20. The number of rotatable bonds is 3. The van der Waals surface area contributed by atoms with E-state index in [0.717, 1.165) is 16.1 Å². The number of nitrogens with zero attached hydrogens (tertiary/aromatic N) is 1. The molecule has 15 heavy (non-hydrogen) atoms. The standard InChI is InChI=1S/C11H13Cl2NO/c1-8-3-4-9(5-10(8)13)7-14(2)11(15)6-12/h3-5H,6-7H2,1-2H3. The van der Waals surface area contributed by atoms with Crippen LogP contribution in [0.5, 0.6) is 0 Å². The molecule has 0 heterocycles. The minimum Gasteiger partial charge on any atom is -0.340 e. The van der Waals surface area contributed by atoms with Crippen LogP contribution in [0.25, 0.3) is 0 Å². The molecule has 0 saturated carbocycles. The number of carbonyl (C=O) groups is 1. The molecule has 1 aromatic rings. The number of hydrogen-bond acceptors (Lipinski definition) is 1. The molecule has 0 aromatic heterocycles. The van der Waals surface area contributed by atoms with Crippen molar-refractivity contribution in [1.29, 1.82) is 0 Å². The van der Waals surface area contributed by atoms with Gasteiger partial charge in [-0.1, -0.05) is 23.7 Å². The molecule has 0 spiro atoms. The van der Waals surface area contributed by atoms with Gasteiger partial charge >= 0.3 is 0 Å². The monoisotopic (exact) mass is 245 g/mol. The number of benzene rings is 1. The van der Waals surface area contributed by atoms with Crippen LogP contribution >= 0.6 is 23.2 Å². The fourth-order valence-electron chi connectivity index (χ4n) is 1.20. The lowest BCUT2D eigenvalue weighted by Crippen LogP contribution is -2.27. The maximum Gasteiger partial charge on any atom is 0.237 e. The van der Waals surface area contributed by atoms with E-state index < -0.39 is 0 Å². The van der Waals surface area contributed by atoms with E-state index in [2.05, 4.69) is 0 Å². The average Bonchev–Trinajstić information content (AvgIpc) is 2.22. The molecular weight excluding hydrogens is 233 g/mol. The van der Waals surface area contributed by atoms with E-state index in [1.807, 2.05) is 25.1 Å². The number of amides is 1. The van der Waals surface area contributed by atoms with Crippen LogP contribution in [0.15, 0.2) is 18.2 Å². The van der Waals surface area contributed by atoms with E-state index in [4.69, 9.17) is 23.2 Å². The quantitative estimate of drug-likeness (QED) is 0.751. The van der Waals surface area contributed by atoms with Crippen LogP contribution < -0.4 is 0 Å². The van der Waals surface area contributed by atoms with Crippen LogP contribution in [0.3, 0.4) is 0 Å². The maximum absolute atomic E-state index is 11.2. The zero-order valence-corrected chi connectivity index (χ0v) is 10.3. The highest BCUT2D eigenvalue weighted by Crippen LogP contribution is 2.17. The van der Waals surface area contributed by atoms with Crippen molar-refractivity contribution in [3.63, 3.8) is 0 Å². The molecule has 1 rings (SSSR count). The van der Waals surface area contributed by atoms with Crippen LogP contribution in [0.4, 0.5) is 0 Å². The van der Waals surface area contributed by atoms with Gasteiger partial charge in [-0.15, -0.1) is 11.6 Å². The van der Waals surface area contributed by atoms with Crippen molar-refractivity contribution in [3.05, 3.63) is 34.3 Å². The van der Waals surface area contributed by atoms with Gasteiger partial charge in [0.2, 0.25) is 5.91 Å². The van der Waals surface area contributed by atoms with Gasteiger partial charge in [0.1, 0.15) is 5.88 Å². The Hall–Kier alpha value is -0.730. The molecule has 0 saturated heterocycles. The summed E-state index contributed by atoms with van der Waals surface area (Å²) in [6.45, 7) is 2.48. The molecule has 0 bridgehead atoms. The molecule has 82 valence electrons. The minimum atomic E-state index is -0.0895. The molecule has 2 nitrogen and oxygen atoms in total. The number of aryl methyl sites for hydroxylation is 1. The highest BCUT2D eigenvalue weighted by atomic mass is 35.5. The SMILES string of the molecule is Cc1ccc(CN(C)C(=O)CCl)cc1Cl. The zero-order valence-electron chi connectivity index (χ0n) is 8.76. The van der Waals surface area contributed by atoms with Gasteiger partial charge in [-0.05, 0) is 24.1 Å². The lowest BCUT2D eigenvalue weighted by Gasteiger charge is -2.16. The molecule has 0 aliphatic carbocycles. The van der Waals surface area contributed by atoms with E-state index in [1.54, 1.807) is 11.9 Å². The summed E-state index contributed by atoms with van der Waals surface area (Å²) in [6.07, 6.45) is 0. The summed E-state index contributed by atoms with van der Waals surface area (Å²) in [6, 6.07) is 5.77. The third-order valence-corrected chi connectivity index (χ3v) is 2.83. The van der Waals surface area contributed by atoms with Gasteiger partial charge in [0, 0.05) is 18.6 Å². The van der Waals surface area contributed by atoms with E-state index in [0.29, 0.717) is 6.54 Å². The van der Waals surface area contributed by atoms with E-state index in [1.165, 1.54) is 0 Å². The number of halogens is 2. The Kier molecular flexibility index (Phi) is 4.43. The van der Waals surface area contributed by atoms with Crippen molar-refractivity contribution in [1.82, 2.24) is 4.90 Å². The van der Waals surface area contributed by atoms with Crippen molar-refractivity contribution < 1.29 is 4.79 Å². The van der Waals surface area contributed by atoms with Crippen LogP contribution in [0, 0.1) is 6.92 Å². The summed E-state index contributed by atoms with van der Waals surface area (Å²) in [5.41, 5.74) is 2.04. The van der Waals surface area contributed by atoms with E-state index in [9.17, 15) is 4.79 Å². The van der Waals surface area contributed by atoms with Gasteiger partial charge in [0.15, 0.2) is 0 Å². The van der Waals surface area contributed by atoms with Crippen molar-refractivity contribution in [2.24, 2.45) is 0 Å². The first-order valence-electron chi connectivity index (χ1n) is 4.59. The molecule has 0 unspecified atom stereocenters. The second kappa shape index (κ2) is 5.38. The minimum absolute atomic E-state index is 0.0100. The van der Waals surface area contributed by atoms with Gasteiger partial charge in [-0.3, -0.25) is 4.79 Å². The fraction of sp³-hybridized carbons (Fsp3) is 0.364. The summed E-state index contributed by atoms with van der Waals surface area (Å²) in [5, 5.41) is 0.722. The first-order valence-corrected chi connectivity index (χ1v) is 5.51. The average molecular weight is 246 g/mol. The van der Waals surface area contributed by atoms with Crippen LogP contribution in [-0.4, -0.2) is 23.7 Å². The molecule has 0 aliphatic heterocycles. The second-order valence-corrected chi connectivity index (χ2v) is 4.14. The molecule has 0 aliphatic rings. The topological polar surface area (TPSA) is 20.3 Å².